The van der Waals surface area contributed by atoms with Crippen LogP contribution in [0, 0.1) is 0 Å². The summed E-state index contributed by atoms with van der Waals surface area (Å²) in [7, 11) is 2.16. The minimum Gasteiger partial charge on any atom is -0.372 e. The van der Waals surface area contributed by atoms with Crippen molar-refractivity contribution in [2.45, 2.75) is 51.9 Å². The zero-order valence-corrected chi connectivity index (χ0v) is 12.2. The van der Waals surface area contributed by atoms with Crippen LogP contribution in [0.1, 0.15) is 38.1 Å². The Morgan fingerprint density at radius 2 is 2.32 bits per heavy atom. The molecule has 1 fully saturated rings. The highest BCUT2D eigenvalue weighted by Gasteiger charge is 2.25. The maximum Gasteiger partial charge on any atom is 0.162 e. The van der Waals surface area contributed by atoms with E-state index in [2.05, 4.69) is 36.3 Å². The second-order valence-corrected chi connectivity index (χ2v) is 5.58. The Bertz CT molecular complexity index is 375. The third kappa shape index (κ3) is 5.30. The molecule has 5 heteroatoms. The Hall–Kier alpha value is -0.910. The molecule has 0 aliphatic heterocycles. The third-order valence-electron chi connectivity index (χ3n) is 3.30. The summed E-state index contributed by atoms with van der Waals surface area (Å²) >= 11 is 0. The van der Waals surface area contributed by atoms with Gasteiger partial charge in [0.25, 0.3) is 0 Å². The van der Waals surface area contributed by atoms with Gasteiger partial charge in [0.15, 0.2) is 5.76 Å². The standard InChI is InChI=1S/C14H25N3O2/c1-11(2)15-9-12-8-14(19-16-12)10-18-7-6-17(3)13-4-5-13/h8,11,13,15H,4-7,9-10H2,1-3H3. The molecule has 1 heterocycles. The van der Waals surface area contributed by atoms with Crippen molar-refractivity contribution in [3.63, 3.8) is 0 Å². The quantitative estimate of drug-likeness (QED) is 0.691. The highest BCUT2D eigenvalue weighted by molar-refractivity contribution is 5.04. The maximum atomic E-state index is 5.61. The lowest BCUT2D eigenvalue weighted by Crippen LogP contribution is -2.25. The first-order valence-electron chi connectivity index (χ1n) is 7.11. The fourth-order valence-corrected chi connectivity index (χ4v) is 1.89. The second kappa shape index (κ2) is 7.03. The summed E-state index contributed by atoms with van der Waals surface area (Å²) in [4.78, 5) is 2.36. The van der Waals surface area contributed by atoms with E-state index in [1.54, 1.807) is 0 Å². The lowest BCUT2D eigenvalue weighted by Gasteiger charge is -2.14. The van der Waals surface area contributed by atoms with Gasteiger partial charge in [-0.2, -0.15) is 0 Å². The molecule has 19 heavy (non-hydrogen) atoms. The van der Waals surface area contributed by atoms with Crippen LogP contribution in [0.3, 0.4) is 0 Å². The van der Waals surface area contributed by atoms with Gasteiger partial charge < -0.3 is 19.5 Å². The molecular weight excluding hydrogens is 242 g/mol. The maximum absolute atomic E-state index is 5.61. The zero-order chi connectivity index (χ0) is 13.7. The van der Waals surface area contributed by atoms with Crippen molar-refractivity contribution < 1.29 is 9.26 Å². The van der Waals surface area contributed by atoms with E-state index in [4.69, 9.17) is 9.26 Å². The Kier molecular flexibility index (Phi) is 5.36. The van der Waals surface area contributed by atoms with Gasteiger partial charge in [0.2, 0.25) is 0 Å². The number of hydrogen-bond donors (Lipinski definition) is 1. The van der Waals surface area contributed by atoms with Gasteiger partial charge in [-0.3, -0.25) is 0 Å². The molecule has 2 rings (SSSR count). The normalized spacial score (nSPS) is 15.6. The number of hydrogen-bond acceptors (Lipinski definition) is 5. The van der Waals surface area contributed by atoms with Crippen LogP contribution in [0.5, 0.6) is 0 Å². The van der Waals surface area contributed by atoms with E-state index in [9.17, 15) is 0 Å². The first kappa shape index (κ1) is 14.5. The first-order valence-corrected chi connectivity index (χ1v) is 7.11. The Balaban J connectivity index is 1.60. The molecule has 1 N–H and O–H groups in total. The summed E-state index contributed by atoms with van der Waals surface area (Å²) in [6.45, 7) is 7.20. The molecule has 108 valence electrons. The Morgan fingerprint density at radius 1 is 1.53 bits per heavy atom. The van der Waals surface area contributed by atoms with E-state index in [1.165, 1.54) is 12.8 Å². The number of likely N-dealkylation sites (N-methyl/N-ethyl adjacent to an activating group) is 1. The molecule has 5 nitrogen and oxygen atoms in total. The van der Waals surface area contributed by atoms with Gasteiger partial charge in [0.05, 0.1) is 12.3 Å². The molecule has 0 amide bonds. The molecule has 0 radical (unpaired) electrons. The molecule has 1 aromatic heterocycles. The van der Waals surface area contributed by atoms with Crippen LogP contribution in [-0.2, 0) is 17.9 Å². The summed E-state index contributed by atoms with van der Waals surface area (Å²) < 4.78 is 10.8. The predicted octanol–water partition coefficient (Wildman–Crippen LogP) is 1.78. The molecule has 0 bridgehead atoms. The van der Waals surface area contributed by atoms with Crippen LogP contribution in [0.2, 0.25) is 0 Å². The van der Waals surface area contributed by atoms with Gasteiger partial charge in [0.1, 0.15) is 6.61 Å². The zero-order valence-electron chi connectivity index (χ0n) is 12.2. The molecule has 0 aromatic carbocycles. The van der Waals surface area contributed by atoms with Crippen molar-refractivity contribution in [2.75, 3.05) is 20.2 Å². The second-order valence-electron chi connectivity index (χ2n) is 5.58. The van der Waals surface area contributed by atoms with Gasteiger partial charge in [0, 0.05) is 31.2 Å². The van der Waals surface area contributed by atoms with Crippen molar-refractivity contribution in [1.82, 2.24) is 15.4 Å². The van der Waals surface area contributed by atoms with Crippen molar-refractivity contribution in [1.29, 1.82) is 0 Å². The molecule has 0 saturated heterocycles. The minimum atomic E-state index is 0.453. The molecule has 1 saturated carbocycles. The monoisotopic (exact) mass is 267 g/mol. The average molecular weight is 267 g/mol. The summed E-state index contributed by atoms with van der Waals surface area (Å²) in [6.07, 6.45) is 2.68. The lowest BCUT2D eigenvalue weighted by molar-refractivity contribution is 0.0825. The van der Waals surface area contributed by atoms with E-state index >= 15 is 0 Å². The minimum absolute atomic E-state index is 0.453. The summed E-state index contributed by atoms with van der Waals surface area (Å²) in [5.41, 5.74) is 0.933. The fraction of sp³-hybridized carbons (Fsp3) is 0.786. The van der Waals surface area contributed by atoms with E-state index in [0.29, 0.717) is 12.6 Å². The lowest BCUT2D eigenvalue weighted by atomic mass is 10.3. The van der Waals surface area contributed by atoms with Gasteiger partial charge in [-0.05, 0) is 19.9 Å². The van der Waals surface area contributed by atoms with E-state index in [1.807, 2.05) is 6.07 Å². The van der Waals surface area contributed by atoms with Crippen LogP contribution < -0.4 is 5.32 Å². The summed E-state index contributed by atoms with van der Waals surface area (Å²) in [6, 6.07) is 3.21. The van der Waals surface area contributed by atoms with Gasteiger partial charge >= 0.3 is 0 Å². The van der Waals surface area contributed by atoms with Gasteiger partial charge in [-0.25, -0.2) is 0 Å². The van der Waals surface area contributed by atoms with E-state index in [-0.39, 0.29) is 0 Å². The van der Waals surface area contributed by atoms with Gasteiger partial charge in [-0.1, -0.05) is 19.0 Å². The molecule has 1 aromatic rings. The highest BCUT2D eigenvalue weighted by Crippen LogP contribution is 2.24. The van der Waals surface area contributed by atoms with Crippen LogP contribution >= 0.6 is 0 Å². The first-order chi connectivity index (χ1) is 9.15. The summed E-state index contributed by atoms with van der Waals surface area (Å²) in [5, 5.41) is 7.32. The number of ether oxygens (including phenoxy) is 1. The van der Waals surface area contributed by atoms with Crippen LogP contribution in [0.25, 0.3) is 0 Å². The smallest absolute Gasteiger partial charge is 0.162 e. The highest BCUT2D eigenvalue weighted by atomic mass is 16.5. The molecule has 0 unspecified atom stereocenters. The topological polar surface area (TPSA) is 50.5 Å². The Labute approximate surface area is 115 Å². The van der Waals surface area contributed by atoms with Crippen LogP contribution in [0.4, 0.5) is 0 Å². The summed E-state index contributed by atoms with van der Waals surface area (Å²) in [5.74, 6) is 0.801. The molecule has 0 atom stereocenters. The number of aromatic nitrogens is 1. The van der Waals surface area contributed by atoms with Crippen molar-refractivity contribution in [2.24, 2.45) is 0 Å². The van der Waals surface area contributed by atoms with Crippen LogP contribution in [0.15, 0.2) is 10.6 Å². The SMILES string of the molecule is CC(C)NCc1cc(COCCN(C)C2CC2)on1. The van der Waals surface area contributed by atoms with Crippen LogP contribution in [-0.4, -0.2) is 42.3 Å². The molecule has 1 aliphatic rings. The van der Waals surface area contributed by atoms with E-state index in [0.717, 1.165) is 37.2 Å². The number of nitrogens with zero attached hydrogens (tertiary/aromatic N) is 2. The van der Waals surface area contributed by atoms with Crippen molar-refractivity contribution in [3.8, 4) is 0 Å². The molecule has 0 spiro atoms. The fourth-order valence-electron chi connectivity index (χ4n) is 1.89. The van der Waals surface area contributed by atoms with Crippen molar-refractivity contribution in [3.05, 3.63) is 17.5 Å². The number of nitrogens with one attached hydrogen (secondary N) is 1. The van der Waals surface area contributed by atoms with Crippen molar-refractivity contribution >= 4 is 0 Å². The van der Waals surface area contributed by atoms with Gasteiger partial charge in [-0.15, -0.1) is 0 Å². The predicted molar refractivity (Wildman–Crippen MR) is 73.8 cm³/mol. The Morgan fingerprint density at radius 3 is 3.00 bits per heavy atom. The molecular formula is C14H25N3O2. The third-order valence-corrected chi connectivity index (χ3v) is 3.30. The number of rotatable bonds is 9. The van der Waals surface area contributed by atoms with E-state index < -0.39 is 0 Å². The average Bonchev–Trinajstić information content (AvgIpc) is 3.13. The molecule has 1 aliphatic carbocycles. The largest absolute Gasteiger partial charge is 0.372 e.